The van der Waals surface area contributed by atoms with Crippen molar-refractivity contribution in [1.82, 2.24) is 0 Å². The van der Waals surface area contributed by atoms with Crippen LogP contribution >= 0.6 is 45.2 Å². The van der Waals surface area contributed by atoms with Gasteiger partial charge >= 0.3 is 17.1 Å². The van der Waals surface area contributed by atoms with Crippen LogP contribution in [0.1, 0.15) is 26.7 Å². The summed E-state index contributed by atoms with van der Waals surface area (Å²) in [5, 5.41) is 0. The molecule has 0 rings (SSSR count). The third-order valence-electron chi connectivity index (χ3n) is 2.86. The van der Waals surface area contributed by atoms with Crippen LogP contribution in [0.5, 0.6) is 0 Å². The first kappa shape index (κ1) is 20.8. The zero-order chi connectivity index (χ0) is 14.8. The van der Waals surface area contributed by atoms with Gasteiger partial charge in [-0.2, -0.15) is 0 Å². The molecule has 0 aromatic rings. The second-order valence-corrected chi connectivity index (χ2v) is 13.9. The van der Waals surface area contributed by atoms with E-state index in [1.54, 1.807) is 0 Å². The molecule has 0 aliphatic carbocycles. The summed E-state index contributed by atoms with van der Waals surface area (Å²) in [5.41, 5.74) is 0. The van der Waals surface area contributed by atoms with Crippen LogP contribution in [-0.4, -0.2) is 39.2 Å². The predicted octanol–water partition coefficient (Wildman–Crippen LogP) is 4.87. The Morgan fingerprint density at radius 1 is 0.789 bits per heavy atom. The Morgan fingerprint density at radius 3 is 1.42 bits per heavy atom. The van der Waals surface area contributed by atoms with Crippen molar-refractivity contribution >= 4 is 62.3 Å². The summed E-state index contributed by atoms with van der Waals surface area (Å²) in [6, 6.07) is 2.15. The minimum Gasteiger partial charge on any atom is -0.415 e. The topological polar surface area (TPSA) is 27.7 Å². The van der Waals surface area contributed by atoms with Gasteiger partial charge < -0.3 is 13.0 Å². The Morgan fingerprint density at radius 2 is 1.16 bits per heavy atom. The second-order valence-electron chi connectivity index (χ2n) is 4.82. The predicted molar refractivity (Wildman–Crippen MR) is 104 cm³/mol. The molecule has 0 aromatic carbocycles. The molecule has 3 nitrogen and oxygen atoms in total. The summed E-state index contributed by atoms with van der Waals surface area (Å²) in [7, 11) is -4.13. The Kier molecular flexibility index (Phi) is 12.4. The Labute approximate surface area is 148 Å². The molecule has 2 atom stereocenters. The molecule has 7 heteroatoms. The van der Waals surface area contributed by atoms with Gasteiger partial charge in [-0.25, -0.2) is 0 Å². The van der Waals surface area contributed by atoms with Crippen LogP contribution in [0.4, 0.5) is 0 Å². The van der Waals surface area contributed by atoms with Crippen LogP contribution in [0.3, 0.4) is 0 Å². The Hall–Kier alpha value is 1.77. The SMILES string of the molecule is CCO[Si](C)(CCCI)O[Si](C)(CCCI)OCC. The van der Waals surface area contributed by atoms with Crippen LogP contribution in [0.2, 0.25) is 25.2 Å². The first-order chi connectivity index (χ1) is 8.95. The van der Waals surface area contributed by atoms with Crippen LogP contribution in [0.25, 0.3) is 0 Å². The van der Waals surface area contributed by atoms with Gasteiger partial charge in [-0.05, 0) is 60.7 Å². The van der Waals surface area contributed by atoms with E-state index in [9.17, 15) is 0 Å². The molecule has 0 saturated carbocycles. The van der Waals surface area contributed by atoms with Gasteiger partial charge in [-0.1, -0.05) is 45.2 Å². The number of halogens is 2. The maximum absolute atomic E-state index is 6.54. The molecule has 0 spiro atoms. The van der Waals surface area contributed by atoms with E-state index in [2.05, 4.69) is 72.1 Å². The van der Waals surface area contributed by atoms with Gasteiger partial charge in [-0.3, -0.25) is 0 Å². The molecule has 0 bridgehead atoms. The molecular weight excluding hydrogens is 502 g/mol. The fraction of sp³-hybridized carbons (Fsp3) is 1.00. The molecule has 0 aliphatic rings. The first-order valence-electron chi connectivity index (χ1n) is 7.05. The highest BCUT2D eigenvalue weighted by Gasteiger charge is 2.42. The van der Waals surface area contributed by atoms with Gasteiger partial charge in [-0.15, -0.1) is 0 Å². The molecule has 0 fully saturated rings. The summed E-state index contributed by atoms with van der Waals surface area (Å²) >= 11 is 4.85. The standard InChI is InChI=1S/C12H28I2O3Si2/c1-5-15-18(3,11-7-9-13)17-19(4,16-6-2)12-8-10-14/h5-12H2,1-4H3. The number of hydrogen-bond acceptors (Lipinski definition) is 3. The molecule has 2 unspecified atom stereocenters. The molecule has 0 amide bonds. The fourth-order valence-electron chi connectivity index (χ4n) is 2.15. The van der Waals surface area contributed by atoms with Crippen molar-refractivity contribution in [1.29, 1.82) is 0 Å². The van der Waals surface area contributed by atoms with Crippen LogP contribution in [-0.2, 0) is 13.0 Å². The summed E-state index contributed by atoms with van der Waals surface area (Å²) in [6.45, 7) is 10.0. The summed E-state index contributed by atoms with van der Waals surface area (Å²) in [5.74, 6) is 0. The summed E-state index contributed by atoms with van der Waals surface area (Å²) < 4.78 is 20.9. The van der Waals surface area contributed by atoms with E-state index in [0.717, 1.165) is 34.2 Å². The van der Waals surface area contributed by atoms with E-state index in [1.165, 1.54) is 12.8 Å². The van der Waals surface area contributed by atoms with Crippen LogP contribution in [0.15, 0.2) is 0 Å². The smallest absolute Gasteiger partial charge is 0.326 e. The molecule has 116 valence electrons. The van der Waals surface area contributed by atoms with Crippen molar-refractivity contribution in [3.8, 4) is 0 Å². The zero-order valence-electron chi connectivity index (χ0n) is 12.6. The minimum absolute atomic E-state index is 0.743. The number of rotatable bonds is 12. The van der Waals surface area contributed by atoms with Gasteiger partial charge in [0.15, 0.2) is 0 Å². The molecule has 0 heterocycles. The van der Waals surface area contributed by atoms with E-state index in [4.69, 9.17) is 13.0 Å². The average molecular weight is 530 g/mol. The molecule has 19 heavy (non-hydrogen) atoms. The minimum atomic E-state index is -2.06. The lowest BCUT2D eigenvalue weighted by Gasteiger charge is -2.36. The molecule has 0 radical (unpaired) electrons. The number of hydrogen-bond donors (Lipinski definition) is 0. The lowest BCUT2D eigenvalue weighted by atomic mass is 10.6. The van der Waals surface area contributed by atoms with Crippen LogP contribution < -0.4 is 0 Å². The normalized spacial score (nSPS) is 18.0. The highest BCUT2D eigenvalue weighted by atomic mass is 127. The quantitative estimate of drug-likeness (QED) is 0.205. The van der Waals surface area contributed by atoms with Crippen molar-refractivity contribution in [3.63, 3.8) is 0 Å². The van der Waals surface area contributed by atoms with Crippen molar-refractivity contribution in [2.24, 2.45) is 0 Å². The second kappa shape index (κ2) is 11.4. The Balaban J connectivity index is 4.70. The third kappa shape index (κ3) is 9.40. The van der Waals surface area contributed by atoms with Crippen molar-refractivity contribution in [3.05, 3.63) is 0 Å². The van der Waals surface area contributed by atoms with E-state index in [0.29, 0.717) is 0 Å². The summed E-state index contributed by atoms with van der Waals surface area (Å²) in [6.07, 6.45) is 2.35. The van der Waals surface area contributed by atoms with Gasteiger partial charge in [0.05, 0.1) is 0 Å². The molecular formula is C12H28I2O3Si2. The highest BCUT2D eigenvalue weighted by molar-refractivity contribution is 14.1. The van der Waals surface area contributed by atoms with Gasteiger partial charge in [0, 0.05) is 13.2 Å². The van der Waals surface area contributed by atoms with E-state index < -0.39 is 17.1 Å². The molecule has 0 aliphatic heterocycles. The first-order valence-corrected chi connectivity index (χ1v) is 15.1. The lowest BCUT2D eigenvalue weighted by Crippen LogP contribution is -2.52. The van der Waals surface area contributed by atoms with E-state index in [-0.39, 0.29) is 0 Å². The average Bonchev–Trinajstić information content (AvgIpc) is 2.34. The summed E-state index contributed by atoms with van der Waals surface area (Å²) in [4.78, 5) is 0. The monoisotopic (exact) mass is 530 g/mol. The zero-order valence-corrected chi connectivity index (χ0v) is 19.0. The van der Waals surface area contributed by atoms with Crippen molar-refractivity contribution in [2.75, 3.05) is 22.1 Å². The molecule has 0 N–H and O–H groups in total. The van der Waals surface area contributed by atoms with E-state index >= 15 is 0 Å². The van der Waals surface area contributed by atoms with Gasteiger partial charge in [0.2, 0.25) is 0 Å². The third-order valence-corrected chi connectivity index (χ3v) is 12.2. The maximum Gasteiger partial charge on any atom is 0.326 e. The fourth-order valence-corrected chi connectivity index (χ4v) is 12.4. The Bertz CT molecular complexity index is 215. The lowest BCUT2D eigenvalue weighted by molar-refractivity contribution is 0.199. The van der Waals surface area contributed by atoms with Crippen molar-refractivity contribution in [2.45, 2.75) is 51.9 Å². The van der Waals surface area contributed by atoms with E-state index in [1.807, 2.05) is 0 Å². The molecule has 0 aromatic heterocycles. The van der Waals surface area contributed by atoms with Crippen LogP contribution in [0, 0.1) is 0 Å². The largest absolute Gasteiger partial charge is 0.415 e. The highest BCUT2D eigenvalue weighted by Crippen LogP contribution is 2.26. The van der Waals surface area contributed by atoms with Gasteiger partial charge in [0.25, 0.3) is 0 Å². The maximum atomic E-state index is 6.54. The van der Waals surface area contributed by atoms with Gasteiger partial charge in [0.1, 0.15) is 0 Å². The van der Waals surface area contributed by atoms with Crippen molar-refractivity contribution < 1.29 is 13.0 Å². The number of alkyl halides is 2. The molecule has 0 saturated heterocycles.